The molecule has 1 heterocycles. The van der Waals surface area contributed by atoms with Crippen LogP contribution >= 0.6 is 15.9 Å². The fraction of sp³-hybridized carbons (Fsp3) is 0.533. The van der Waals surface area contributed by atoms with E-state index in [0.717, 1.165) is 33.5 Å². The first-order valence-corrected chi connectivity index (χ1v) is 7.40. The van der Waals surface area contributed by atoms with Gasteiger partial charge >= 0.3 is 0 Å². The smallest absolute Gasteiger partial charge is 0.164 e. The molecule has 0 bridgehead atoms. The summed E-state index contributed by atoms with van der Waals surface area (Å²) in [5, 5.41) is 0. The first-order chi connectivity index (χ1) is 9.00. The van der Waals surface area contributed by atoms with Crippen LogP contribution in [0.4, 0.5) is 0 Å². The number of Topliss-reactive ketones (excluding diaryl/α,β-unsaturated/α-hetero) is 1. The van der Waals surface area contributed by atoms with Gasteiger partial charge in [0.05, 0.1) is 13.2 Å². The summed E-state index contributed by atoms with van der Waals surface area (Å²) < 4.78 is 12.5. The van der Waals surface area contributed by atoms with E-state index in [0.29, 0.717) is 19.6 Å². The van der Waals surface area contributed by atoms with Gasteiger partial charge in [-0.1, -0.05) is 29.8 Å². The van der Waals surface area contributed by atoms with Crippen LogP contribution in [0.25, 0.3) is 0 Å². The summed E-state index contributed by atoms with van der Waals surface area (Å²) in [5.41, 5.74) is 2.10. The van der Waals surface area contributed by atoms with Gasteiger partial charge in [0.25, 0.3) is 0 Å². The number of hydrogen-bond donors (Lipinski definition) is 0. The molecule has 0 aliphatic carbocycles. The van der Waals surface area contributed by atoms with Crippen LogP contribution in [-0.4, -0.2) is 19.0 Å². The predicted octanol–water partition coefficient (Wildman–Crippen LogP) is 3.87. The van der Waals surface area contributed by atoms with Crippen molar-refractivity contribution in [2.75, 3.05) is 13.2 Å². The SMILES string of the molecule is CC(=O)Cc1c(Br)cc2c(c1C(C)C)OCCCO2. The van der Waals surface area contributed by atoms with Crippen molar-refractivity contribution in [2.45, 2.75) is 39.5 Å². The van der Waals surface area contributed by atoms with E-state index >= 15 is 0 Å². The predicted molar refractivity (Wildman–Crippen MR) is 78.2 cm³/mol. The summed E-state index contributed by atoms with van der Waals surface area (Å²) in [6.07, 6.45) is 1.30. The minimum absolute atomic E-state index is 0.150. The summed E-state index contributed by atoms with van der Waals surface area (Å²) in [7, 11) is 0. The Balaban J connectivity index is 2.60. The zero-order chi connectivity index (χ0) is 14.0. The third-order valence-electron chi connectivity index (χ3n) is 3.14. The van der Waals surface area contributed by atoms with Gasteiger partial charge < -0.3 is 9.47 Å². The van der Waals surface area contributed by atoms with Crippen molar-refractivity contribution < 1.29 is 14.3 Å². The molecule has 1 aromatic rings. The van der Waals surface area contributed by atoms with E-state index < -0.39 is 0 Å². The summed E-state index contributed by atoms with van der Waals surface area (Å²) in [6.45, 7) is 7.16. The molecule has 0 N–H and O–H groups in total. The van der Waals surface area contributed by atoms with Crippen LogP contribution in [0.2, 0.25) is 0 Å². The maximum atomic E-state index is 11.5. The number of carbonyl (C=O) groups is 1. The number of ketones is 1. The van der Waals surface area contributed by atoms with Crippen LogP contribution < -0.4 is 9.47 Å². The van der Waals surface area contributed by atoms with Crippen molar-refractivity contribution in [3.8, 4) is 11.5 Å². The minimum Gasteiger partial charge on any atom is -0.490 e. The van der Waals surface area contributed by atoms with Gasteiger partial charge in [0, 0.05) is 22.9 Å². The molecule has 2 rings (SSSR count). The monoisotopic (exact) mass is 326 g/mol. The molecule has 0 radical (unpaired) electrons. The molecule has 1 aliphatic heterocycles. The number of halogens is 1. The van der Waals surface area contributed by atoms with Gasteiger partial charge in [-0.05, 0) is 24.5 Å². The number of carbonyl (C=O) groups excluding carboxylic acids is 1. The van der Waals surface area contributed by atoms with Gasteiger partial charge in [-0.2, -0.15) is 0 Å². The highest BCUT2D eigenvalue weighted by molar-refractivity contribution is 9.10. The second-order valence-corrected chi connectivity index (χ2v) is 6.02. The Morgan fingerprint density at radius 2 is 2.05 bits per heavy atom. The first kappa shape index (κ1) is 14.4. The van der Waals surface area contributed by atoms with Crippen LogP contribution in [0.5, 0.6) is 11.5 Å². The van der Waals surface area contributed by atoms with Crippen molar-refractivity contribution in [1.82, 2.24) is 0 Å². The van der Waals surface area contributed by atoms with Crippen molar-refractivity contribution in [3.05, 3.63) is 21.7 Å². The van der Waals surface area contributed by atoms with E-state index in [-0.39, 0.29) is 11.7 Å². The van der Waals surface area contributed by atoms with Crippen molar-refractivity contribution in [3.63, 3.8) is 0 Å². The molecule has 0 amide bonds. The van der Waals surface area contributed by atoms with E-state index in [4.69, 9.17) is 9.47 Å². The second-order valence-electron chi connectivity index (χ2n) is 5.16. The van der Waals surface area contributed by atoms with E-state index in [1.54, 1.807) is 6.92 Å². The van der Waals surface area contributed by atoms with E-state index in [2.05, 4.69) is 29.8 Å². The Hall–Kier alpha value is -1.03. The van der Waals surface area contributed by atoms with Gasteiger partial charge in [0.15, 0.2) is 11.5 Å². The third kappa shape index (κ3) is 3.11. The quantitative estimate of drug-likeness (QED) is 0.845. The van der Waals surface area contributed by atoms with Gasteiger partial charge in [-0.25, -0.2) is 0 Å². The molecule has 19 heavy (non-hydrogen) atoms. The van der Waals surface area contributed by atoms with Crippen molar-refractivity contribution in [1.29, 1.82) is 0 Å². The lowest BCUT2D eigenvalue weighted by molar-refractivity contribution is -0.116. The molecular formula is C15H19BrO3. The third-order valence-corrected chi connectivity index (χ3v) is 3.84. The summed E-state index contributed by atoms with van der Waals surface area (Å²) in [5.74, 6) is 2.02. The molecule has 4 heteroatoms. The Bertz CT molecular complexity index is 495. The van der Waals surface area contributed by atoms with Gasteiger partial charge in [-0.15, -0.1) is 0 Å². The number of benzene rings is 1. The minimum atomic E-state index is 0.150. The van der Waals surface area contributed by atoms with E-state index in [1.165, 1.54) is 0 Å². The summed E-state index contributed by atoms with van der Waals surface area (Å²) in [6, 6.07) is 1.92. The molecule has 0 saturated carbocycles. The molecule has 0 saturated heterocycles. The molecule has 1 aliphatic rings. The zero-order valence-corrected chi connectivity index (χ0v) is 13.2. The normalized spacial score (nSPS) is 14.4. The first-order valence-electron chi connectivity index (χ1n) is 6.61. The van der Waals surface area contributed by atoms with E-state index in [9.17, 15) is 4.79 Å². The number of hydrogen-bond acceptors (Lipinski definition) is 3. The average Bonchev–Trinajstić information content (AvgIpc) is 2.53. The summed E-state index contributed by atoms with van der Waals surface area (Å²) in [4.78, 5) is 11.5. The topological polar surface area (TPSA) is 35.5 Å². The lowest BCUT2D eigenvalue weighted by Crippen LogP contribution is -2.07. The number of ether oxygens (including phenoxy) is 2. The van der Waals surface area contributed by atoms with Crippen LogP contribution in [0.3, 0.4) is 0 Å². The van der Waals surface area contributed by atoms with Crippen molar-refractivity contribution in [2.24, 2.45) is 0 Å². The maximum Gasteiger partial charge on any atom is 0.164 e. The molecule has 0 aromatic heterocycles. The van der Waals surface area contributed by atoms with E-state index in [1.807, 2.05) is 6.07 Å². The number of rotatable bonds is 3. The molecule has 3 nitrogen and oxygen atoms in total. The highest BCUT2D eigenvalue weighted by atomic mass is 79.9. The Morgan fingerprint density at radius 3 is 2.68 bits per heavy atom. The highest BCUT2D eigenvalue weighted by Crippen LogP contribution is 2.43. The van der Waals surface area contributed by atoms with Crippen molar-refractivity contribution >= 4 is 21.7 Å². The zero-order valence-electron chi connectivity index (χ0n) is 11.6. The molecule has 104 valence electrons. The molecule has 0 fully saturated rings. The van der Waals surface area contributed by atoms with Crippen LogP contribution in [0.1, 0.15) is 44.2 Å². The average molecular weight is 327 g/mol. The fourth-order valence-electron chi connectivity index (χ4n) is 2.38. The Morgan fingerprint density at radius 1 is 1.37 bits per heavy atom. The molecule has 1 aromatic carbocycles. The largest absolute Gasteiger partial charge is 0.490 e. The number of fused-ring (bicyclic) bond motifs is 1. The fourth-order valence-corrected chi connectivity index (χ4v) is 2.94. The lowest BCUT2D eigenvalue weighted by atomic mass is 9.93. The summed E-state index contributed by atoms with van der Waals surface area (Å²) >= 11 is 3.56. The molecule has 0 unspecified atom stereocenters. The molecular weight excluding hydrogens is 308 g/mol. The van der Waals surface area contributed by atoms with Gasteiger partial charge in [0.1, 0.15) is 5.78 Å². The van der Waals surface area contributed by atoms with Gasteiger partial charge in [0.2, 0.25) is 0 Å². The van der Waals surface area contributed by atoms with Crippen LogP contribution in [0.15, 0.2) is 10.5 Å². The second kappa shape index (κ2) is 5.95. The lowest BCUT2D eigenvalue weighted by Gasteiger charge is -2.20. The standard InChI is InChI=1S/C15H19BrO3/c1-9(2)14-11(7-10(3)17)12(16)8-13-15(14)19-6-4-5-18-13/h8-9H,4-7H2,1-3H3. The maximum absolute atomic E-state index is 11.5. The van der Waals surface area contributed by atoms with Crippen LogP contribution in [-0.2, 0) is 11.2 Å². The Labute approximate surface area is 122 Å². The van der Waals surface area contributed by atoms with Gasteiger partial charge in [-0.3, -0.25) is 4.79 Å². The molecule has 0 atom stereocenters. The Kier molecular flexibility index (Phi) is 4.50. The van der Waals surface area contributed by atoms with Crippen LogP contribution in [0, 0.1) is 0 Å². The molecule has 0 spiro atoms. The highest BCUT2D eigenvalue weighted by Gasteiger charge is 2.23.